The van der Waals surface area contributed by atoms with Crippen molar-refractivity contribution in [1.29, 1.82) is 0 Å². The lowest BCUT2D eigenvalue weighted by atomic mass is 10.1. The average molecular weight is 568 g/mol. The Morgan fingerprint density at radius 1 is 1.25 bits per heavy atom. The zero-order valence-electron chi connectivity index (χ0n) is 16.9. The highest BCUT2D eigenvalue weighted by Crippen LogP contribution is 2.36. The van der Waals surface area contributed by atoms with Gasteiger partial charge in [-0.25, -0.2) is 14.6 Å². The number of nitrogens with zero attached hydrogens (tertiary/aromatic N) is 2. The molecule has 0 bridgehead atoms. The molecular formula is C21H16Br2N2O7. The van der Waals surface area contributed by atoms with Gasteiger partial charge in [0.2, 0.25) is 5.90 Å². The maximum absolute atomic E-state index is 12.3. The summed E-state index contributed by atoms with van der Waals surface area (Å²) in [4.78, 5) is 38.6. The van der Waals surface area contributed by atoms with Gasteiger partial charge >= 0.3 is 11.9 Å². The van der Waals surface area contributed by atoms with Crippen LogP contribution >= 0.6 is 31.9 Å². The molecule has 0 fully saturated rings. The molecule has 0 aliphatic carbocycles. The van der Waals surface area contributed by atoms with Crippen LogP contribution in [-0.2, 0) is 19.1 Å². The van der Waals surface area contributed by atoms with Crippen LogP contribution in [0.4, 0.5) is 5.69 Å². The fourth-order valence-electron chi connectivity index (χ4n) is 2.76. The lowest BCUT2D eigenvalue weighted by molar-refractivity contribution is -0.385. The monoisotopic (exact) mass is 566 g/mol. The van der Waals surface area contributed by atoms with Crippen molar-refractivity contribution in [3.05, 3.63) is 71.8 Å². The molecule has 1 heterocycles. The van der Waals surface area contributed by atoms with Gasteiger partial charge in [0.15, 0.2) is 12.3 Å². The predicted molar refractivity (Wildman–Crippen MR) is 122 cm³/mol. The Kier molecular flexibility index (Phi) is 7.41. The van der Waals surface area contributed by atoms with Crippen LogP contribution in [0.1, 0.15) is 23.6 Å². The SMILES string of the molecule is CCOC(=O)COc1c(Br)cc(/C=C2\N=C(c3ccc(C)c([N+](=O)[O-])c3)OC2=O)cc1Br. The van der Waals surface area contributed by atoms with E-state index in [-0.39, 0.29) is 30.5 Å². The summed E-state index contributed by atoms with van der Waals surface area (Å²) in [6, 6.07) is 7.83. The lowest BCUT2D eigenvalue weighted by Gasteiger charge is -2.10. The highest BCUT2D eigenvalue weighted by atomic mass is 79.9. The molecule has 166 valence electrons. The molecule has 1 aliphatic heterocycles. The van der Waals surface area contributed by atoms with Crippen LogP contribution in [0.5, 0.6) is 5.75 Å². The van der Waals surface area contributed by atoms with Crippen molar-refractivity contribution in [2.24, 2.45) is 4.99 Å². The highest BCUT2D eigenvalue weighted by molar-refractivity contribution is 9.11. The molecule has 9 nitrogen and oxygen atoms in total. The van der Waals surface area contributed by atoms with E-state index in [0.29, 0.717) is 31.4 Å². The molecule has 0 aromatic heterocycles. The van der Waals surface area contributed by atoms with Gasteiger partial charge in [-0.2, -0.15) is 0 Å². The molecule has 3 rings (SSSR count). The van der Waals surface area contributed by atoms with Gasteiger partial charge in [-0.3, -0.25) is 10.1 Å². The summed E-state index contributed by atoms with van der Waals surface area (Å²) in [5.74, 6) is -0.801. The summed E-state index contributed by atoms with van der Waals surface area (Å²) in [5, 5.41) is 11.2. The number of nitro groups is 1. The number of hydrogen-bond donors (Lipinski definition) is 0. The standard InChI is InChI=1S/C21H16Br2N2O7/c1-3-30-18(26)10-31-19-14(22)6-12(7-15(19)23)8-16-21(27)32-20(24-16)13-5-4-11(2)17(9-13)25(28)29/h4-9H,3,10H2,1-2H3/b16-8-. The number of aliphatic imine (C=N–C) groups is 1. The molecule has 0 spiro atoms. The van der Waals surface area contributed by atoms with E-state index in [9.17, 15) is 19.7 Å². The minimum Gasteiger partial charge on any atom is -0.480 e. The van der Waals surface area contributed by atoms with E-state index >= 15 is 0 Å². The minimum atomic E-state index is -0.682. The van der Waals surface area contributed by atoms with Crippen LogP contribution < -0.4 is 4.74 Å². The van der Waals surface area contributed by atoms with Crippen molar-refractivity contribution in [3.63, 3.8) is 0 Å². The van der Waals surface area contributed by atoms with Crippen LogP contribution in [-0.4, -0.2) is 36.0 Å². The molecule has 0 N–H and O–H groups in total. The van der Waals surface area contributed by atoms with Crippen molar-refractivity contribution in [2.45, 2.75) is 13.8 Å². The molecule has 0 unspecified atom stereocenters. The summed E-state index contributed by atoms with van der Waals surface area (Å²) in [7, 11) is 0. The smallest absolute Gasteiger partial charge is 0.363 e. The Morgan fingerprint density at radius 2 is 1.94 bits per heavy atom. The maximum atomic E-state index is 12.3. The number of aryl methyl sites for hydroxylation is 1. The van der Waals surface area contributed by atoms with Gasteiger partial charge in [0.1, 0.15) is 5.75 Å². The van der Waals surface area contributed by atoms with E-state index in [4.69, 9.17) is 14.2 Å². The van der Waals surface area contributed by atoms with E-state index in [1.165, 1.54) is 12.1 Å². The first-order chi connectivity index (χ1) is 15.2. The number of carbonyl (C=O) groups is 2. The molecule has 1 aliphatic rings. The molecule has 0 atom stereocenters. The average Bonchev–Trinajstić information content (AvgIpc) is 3.08. The van der Waals surface area contributed by atoms with Crippen LogP contribution in [0, 0.1) is 17.0 Å². The Morgan fingerprint density at radius 3 is 2.56 bits per heavy atom. The molecule has 0 radical (unpaired) electrons. The third-order valence-corrected chi connectivity index (χ3v) is 5.42. The van der Waals surface area contributed by atoms with Crippen molar-refractivity contribution in [3.8, 4) is 5.75 Å². The van der Waals surface area contributed by atoms with Gasteiger partial charge in [-0.05, 0) is 75.5 Å². The fraction of sp³-hybridized carbons (Fsp3) is 0.190. The third kappa shape index (κ3) is 5.40. The second-order valence-electron chi connectivity index (χ2n) is 6.50. The van der Waals surface area contributed by atoms with Crippen molar-refractivity contribution < 1.29 is 28.7 Å². The summed E-state index contributed by atoms with van der Waals surface area (Å²) < 4.78 is 16.6. The summed E-state index contributed by atoms with van der Waals surface area (Å²) in [6.07, 6.45) is 1.50. The summed E-state index contributed by atoms with van der Waals surface area (Å²) >= 11 is 6.75. The number of hydrogen-bond acceptors (Lipinski definition) is 8. The van der Waals surface area contributed by atoms with E-state index in [0.717, 1.165) is 0 Å². The zero-order chi connectivity index (χ0) is 23.4. The van der Waals surface area contributed by atoms with Gasteiger partial charge in [-0.15, -0.1) is 0 Å². The Hall–Kier alpha value is -3.05. The molecule has 0 amide bonds. The van der Waals surface area contributed by atoms with E-state index < -0.39 is 16.9 Å². The minimum absolute atomic E-state index is 0.0168. The van der Waals surface area contributed by atoms with Gasteiger partial charge in [0.05, 0.1) is 20.5 Å². The first-order valence-electron chi connectivity index (χ1n) is 9.25. The second-order valence-corrected chi connectivity index (χ2v) is 8.21. The van der Waals surface area contributed by atoms with Gasteiger partial charge in [0, 0.05) is 17.2 Å². The number of rotatable bonds is 7. The van der Waals surface area contributed by atoms with Gasteiger partial charge < -0.3 is 14.2 Å². The Labute approximate surface area is 199 Å². The van der Waals surface area contributed by atoms with Crippen LogP contribution in [0.15, 0.2) is 50.0 Å². The van der Waals surface area contributed by atoms with Gasteiger partial charge in [-0.1, -0.05) is 6.07 Å². The first-order valence-corrected chi connectivity index (χ1v) is 10.8. The molecule has 2 aromatic carbocycles. The maximum Gasteiger partial charge on any atom is 0.363 e. The lowest BCUT2D eigenvalue weighted by Crippen LogP contribution is -2.15. The molecule has 32 heavy (non-hydrogen) atoms. The third-order valence-electron chi connectivity index (χ3n) is 4.24. The van der Waals surface area contributed by atoms with Crippen molar-refractivity contribution >= 4 is 61.5 Å². The summed E-state index contributed by atoms with van der Waals surface area (Å²) in [6.45, 7) is 3.32. The topological polar surface area (TPSA) is 117 Å². The van der Waals surface area contributed by atoms with E-state index in [1.807, 2.05) is 0 Å². The largest absolute Gasteiger partial charge is 0.480 e. The van der Waals surface area contributed by atoms with E-state index in [1.54, 1.807) is 38.1 Å². The van der Waals surface area contributed by atoms with E-state index in [2.05, 4.69) is 36.9 Å². The molecule has 0 saturated carbocycles. The highest BCUT2D eigenvalue weighted by Gasteiger charge is 2.26. The normalized spacial score (nSPS) is 14.2. The van der Waals surface area contributed by atoms with Crippen LogP contribution in [0.2, 0.25) is 0 Å². The molecule has 2 aromatic rings. The van der Waals surface area contributed by atoms with Crippen molar-refractivity contribution in [1.82, 2.24) is 0 Å². The molecule has 11 heteroatoms. The number of benzene rings is 2. The second kappa shape index (κ2) is 10.0. The first kappa shape index (κ1) is 23.6. The van der Waals surface area contributed by atoms with Crippen LogP contribution in [0.25, 0.3) is 6.08 Å². The number of esters is 2. The molecular weight excluding hydrogens is 552 g/mol. The number of ether oxygens (including phenoxy) is 3. The number of carbonyl (C=O) groups excluding carboxylic acids is 2. The fourth-order valence-corrected chi connectivity index (χ4v) is 4.21. The molecule has 0 saturated heterocycles. The summed E-state index contributed by atoms with van der Waals surface area (Å²) in [5.41, 5.74) is 1.34. The zero-order valence-corrected chi connectivity index (χ0v) is 20.1. The predicted octanol–water partition coefficient (Wildman–Crippen LogP) is 4.71. The Bertz CT molecular complexity index is 1150. The van der Waals surface area contributed by atoms with Crippen molar-refractivity contribution in [2.75, 3.05) is 13.2 Å². The van der Waals surface area contributed by atoms with Gasteiger partial charge in [0.25, 0.3) is 5.69 Å². The quantitative estimate of drug-likeness (QED) is 0.206. The Balaban J connectivity index is 1.86. The number of nitro benzene ring substituents is 1. The number of cyclic esters (lactones) is 1. The van der Waals surface area contributed by atoms with Crippen LogP contribution in [0.3, 0.4) is 0 Å². The number of halogens is 2.